The number of aromatic nitrogens is 1. The average Bonchev–Trinajstić information content (AvgIpc) is 3.37. The molecule has 34 heavy (non-hydrogen) atoms. The number of benzene rings is 1. The van der Waals surface area contributed by atoms with E-state index in [1.165, 1.54) is 0 Å². The Hall–Kier alpha value is -2.96. The van der Waals surface area contributed by atoms with Gasteiger partial charge in [-0.2, -0.15) is 8.42 Å². The molecule has 12 heteroatoms. The zero-order valence-electron chi connectivity index (χ0n) is 18.9. The first-order chi connectivity index (χ1) is 16.0. The highest BCUT2D eigenvalue weighted by atomic mass is 32.2. The van der Waals surface area contributed by atoms with Gasteiger partial charge in [-0.25, -0.2) is 0 Å². The van der Waals surface area contributed by atoms with E-state index in [2.05, 4.69) is 20.9 Å². The quantitative estimate of drug-likeness (QED) is 0.261. The lowest BCUT2D eigenvalue weighted by Crippen LogP contribution is -2.54. The highest BCUT2D eigenvalue weighted by Crippen LogP contribution is 2.20. The van der Waals surface area contributed by atoms with Crippen molar-refractivity contribution >= 4 is 38.7 Å². The number of para-hydroxylation sites is 1. The van der Waals surface area contributed by atoms with E-state index in [4.69, 9.17) is 0 Å². The van der Waals surface area contributed by atoms with Gasteiger partial charge in [-0.05, 0) is 37.3 Å². The molecule has 1 saturated heterocycles. The Labute approximate surface area is 197 Å². The second-order valence-electron chi connectivity index (χ2n) is 8.96. The monoisotopic (exact) mass is 494 g/mol. The molecule has 0 bridgehead atoms. The minimum atomic E-state index is -4.92. The largest absolute Gasteiger partial charge is 0.374 e. The van der Waals surface area contributed by atoms with Crippen molar-refractivity contribution in [3.05, 3.63) is 36.0 Å². The Morgan fingerprint density at radius 3 is 2.50 bits per heavy atom. The lowest BCUT2D eigenvalue weighted by Gasteiger charge is -2.27. The molecule has 6 N–H and O–H groups in total. The molecule has 3 rings (SSSR count). The van der Waals surface area contributed by atoms with Gasteiger partial charge in [-0.1, -0.05) is 32.0 Å². The zero-order valence-corrected chi connectivity index (χ0v) is 19.8. The Kier molecular flexibility index (Phi) is 7.95. The Morgan fingerprint density at radius 1 is 1.21 bits per heavy atom. The molecule has 4 unspecified atom stereocenters. The van der Waals surface area contributed by atoms with Crippen molar-refractivity contribution in [2.45, 2.75) is 50.6 Å². The van der Waals surface area contributed by atoms with Gasteiger partial charge in [0.1, 0.15) is 11.7 Å². The topological polar surface area (TPSA) is 178 Å². The molecule has 1 aromatic carbocycles. The maximum Gasteiger partial charge on any atom is 0.294 e. The molecule has 1 aliphatic heterocycles. The number of hydrogen-bond acceptors (Lipinski definition) is 6. The standard InChI is InChI=1S/C22H30N4O7S/c1-12(2)9-16(25-21(29)17-10-13-5-3-4-6-15(13)24-17)20(28)26-18(22(30)34(31,32)33)11-14-7-8-23-19(14)27/h3-6,10,12,14,16,18,22,24,30H,7-9,11H2,1-2H3,(H,23,27)(H,25,29)(H,26,28)(H,31,32,33). The van der Waals surface area contributed by atoms with Crippen molar-refractivity contribution < 1.29 is 32.5 Å². The number of carbonyl (C=O) groups is 3. The van der Waals surface area contributed by atoms with Gasteiger partial charge in [-0.3, -0.25) is 18.9 Å². The summed E-state index contributed by atoms with van der Waals surface area (Å²) in [5.74, 6) is -2.23. The predicted octanol–water partition coefficient (Wildman–Crippen LogP) is 0.530. The van der Waals surface area contributed by atoms with Crippen LogP contribution < -0.4 is 16.0 Å². The summed E-state index contributed by atoms with van der Waals surface area (Å²) < 4.78 is 32.5. The first-order valence-corrected chi connectivity index (χ1v) is 12.6. The van der Waals surface area contributed by atoms with Gasteiger partial charge in [0, 0.05) is 23.4 Å². The van der Waals surface area contributed by atoms with Crippen LogP contribution in [0.15, 0.2) is 30.3 Å². The molecule has 1 aliphatic rings. The van der Waals surface area contributed by atoms with Gasteiger partial charge in [0.15, 0.2) is 0 Å². The molecule has 3 amide bonds. The van der Waals surface area contributed by atoms with Crippen molar-refractivity contribution in [3.8, 4) is 0 Å². The van der Waals surface area contributed by atoms with Crippen molar-refractivity contribution in [2.75, 3.05) is 6.54 Å². The molecule has 0 aliphatic carbocycles. The van der Waals surface area contributed by atoms with Crippen LogP contribution in [0.1, 0.15) is 43.6 Å². The van der Waals surface area contributed by atoms with E-state index in [1.807, 2.05) is 38.1 Å². The highest BCUT2D eigenvalue weighted by molar-refractivity contribution is 7.86. The molecule has 1 fully saturated rings. The molecule has 0 saturated carbocycles. The first-order valence-electron chi connectivity index (χ1n) is 11.1. The van der Waals surface area contributed by atoms with Gasteiger partial charge < -0.3 is 26.0 Å². The molecule has 11 nitrogen and oxygen atoms in total. The van der Waals surface area contributed by atoms with Gasteiger partial charge >= 0.3 is 0 Å². The molecule has 4 atom stereocenters. The molecular weight excluding hydrogens is 464 g/mol. The van der Waals surface area contributed by atoms with E-state index in [0.717, 1.165) is 10.9 Å². The van der Waals surface area contributed by atoms with Crippen molar-refractivity contribution in [1.29, 1.82) is 0 Å². The molecule has 0 radical (unpaired) electrons. The van der Waals surface area contributed by atoms with Crippen molar-refractivity contribution in [3.63, 3.8) is 0 Å². The van der Waals surface area contributed by atoms with Crippen LogP contribution in [0, 0.1) is 11.8 Å². The number of nitrogens with one attached hydrogen (secondary N) is 4. The lowest BCUT2D eigenvalue weighted by atomic mass is 9.97. The summed E-state index contributed by atoms with van der Waals surface area (Å²) in [5, 5.41) is 18.7. The second-order valence-corrected chi connectivity index (χ2v) is 10.5. The highest BCUT2D eigenvalue weighted by Gasteiger charge is 2.37. The van der Waals surface area contributed by atoms with E-state index in [1.54, 1.807) is 6.07 Å². The Morgan fingerprint density at radius 2 is 1.91 bits per heavy atom. The fourth-order valence-electron chi connectivity index (χ4n) is 4.05. The Balaban J connectivity index is 1.78. The van der Waals surface area contributed by atoms with Crippen LogP contribution in [0.2, 0.25) is 0 Å². The summed E-state index contributed by atoms with van der Waals surface area (Å²) in [7, 11) is -4.92. The molecule has 2 heterocycles. The summed E-state index contributed by atoms with van der Waals surface area (Å²) >= 11 is 0. The van der Waals surface area contributed by atoms with Gasteiger partial charge in [-0.15, -0.1) is 0 Å². The van der Waals surface area contributed by atoms with Gasteiger partial charge in [0.2, 0.25) is 17.3 Å². The number of aliphatic hydroxyl groups excluding tert-OH is 1. The van der Waals surface area contributed by atoms with Crippen LogP contribution in [0.25, 0.3) is 10.9 Å². The number of fused-ring (bicyclic) bond motifs is 1. The number of rotatable bonds is 10. The molecule has 0 spiro atoms. The summed E-state index contributed by atoms with van der Waals surface area (Å²) in [6.45, 7) is 4.09. The fourth-order valence-corrected chi connectivity index (χ4v) is 4.64. The molecule has 186 valence electrons. The second kappa shape index (κ2) is 10.5. The molecule has 2 aromatic rings. The van der Waals surface area contributed by atoms with Gasteiger partial charge in [0.05, 0.1) is 6.04 Å². The van der Waals surface area contributed by atoms with E-state index in [-0.39, 0.29) is 30.4 Å². The zero-order chi connectivity index (χ0) is 25.0. The van der Waals surface area contributed by atoms with Crippen LogP contribution in [0.4, 0.5) is 0 Å². The summed E-state index contributed by atoms with van der Waals surface area (Å²) in [6, 6.07) is 6.45. The fraction of sp³-hybridized carbons (Fsp3) is 0.500. The van der Waals surface area contributed by atoms with Crippen LogP contribution in [0.3, 0.4) is 0 Å². The van der Waals surface area contributed by atoms with E-state index >= 15 is 0 Å². The van der Waals surface area contributed by atoms with Gasteiger partial charge in [0.25, 0.3) is 16.0 Å². The van der Waals surface area contributed by atoms with E-state index < -0.39 is 45.4 Å². The molecular formula is C22H30N4O7S. The first kappa shape index (κ1) is 25.7. The predicted molar refractivity (Wildman–Crippen MR) is 124 cm³/mol. The number of amides is 3. The number of carbonyl (C=O) groups excluding carboxylic acids is 3. The average molecular weight is 495 g/mol. The van der Waals surface area contributed by atoms with E-state index in [9.17, 15) is 32.5 Å². The number of aliphatic hydroxyl groups is 1. The van der Waals surface area contributed by atoms with Crippen molar-refractivity contribution in [2.24, 2.45) is 11.8 Å². The smallest absolute Gasteiger partial charge is 0.294 e. The minimum absolute atomic E-state index is 0.00989. The van der Waals surface area contributed by atoms with E-state index in [0.29, 0.717) is 13.0 Å². The van der Waals surface area contributed by atoms with Crippen LogP contribution >= 0.6 is 0 Å². The maximum absolute atomic E-state index is 13.1. The summed E-state index contributed by atoms with van der Waals surface area (Å²) in [5.41, 5.74) is -1.32. The number of aromatic amines is 1. The third kappa shape index (κ3) is 6.33. The number of hydrogen-bond donors (Lipinski definition) is 6. The normalized spacial score (nSPS) is 19.0. The maximum atomic E-state index is 13.1. The van der Waals surface area contributed by atoms with Crippen LogP contribution in [-0.4, -0.2) is 64.8 Å². The summed E-state index contributed by atoms with van der Waals surface area (Å²) in [6.07, 6.45) is 0.440. The lowest BCUT2D eigenvalue weighted by molar-refractivity contribution is -0.126. The molecule has 1 aromatic heterocycles. The third-order valence-corrected chi connectivity index (χ3v) is 6.72. The van der Waals surface area contributed by atoms with Crippen LogP contribution in [-0.2, 0) is 19.7 Å². The summed E-state index contributed by atoms with van der Waals surface area (Å²) in [4.78, 5) is 40.9. The number of H-pyrrole nitrogens is 1. The Bertz CT molecular complexity index is 1130. The third-order valence-electron chi connectivity index (χ3n) is 5.78. The van der Waals surface area contributed by atoms with Crippen molar-refractivity contribution in [1.82, 2.24) is 20.9 Å². The van der Waals surface area contributed by atoms with Crippen LogP contribution in [0.5, 0.6) is 0 Å². The SMILES string of the molecule is CC(C)CC(NC(=O)c1cc2ccccc2[nH]1)C(=O)NC(CC1CCNC1=O)C(O)S(=O)(=O)O. The minimum Gasteiger partial charge on any atom is -0.374 e.